The predicted octanol–water partition coefficient (Wildman–Crippen LogP) is 3.82. The van der Waals surface area contributed by atoms with Crippen LogP contribution < -0.4 is 9.64 Å². The van der Waals surface area contributed by atoms with Crippen molar-refractivity contribution in [1.29, 1.82) is 5.26 Å². The van der Waals surface area contributed by atoms with Crippen LogP contribution in [0.5, 0.6) is 5.75 Å². The summed E-state index contributed by atoms with van der Waals surface area (Å²) in [5.41, 5.74) is 4.03. The van der Waals surface area contributed by atoms with Gasteiger partial charge in [-0.25, -0.2) is 4.98 Å². The summed E-state index contributed by atoms with van der Waals surface area (Å²) >= 11 is 1.60. The third-order valence-corrected chi connectivity index (χ3v) is 6.54. The summed E-state index contributed by atoms with van der Waals surface area (Å²) in [6.45, 7) is 6.58. The summed E-state index contributed by atoms with van der Waals surface area (Å²) in [5.74, 6) is 0.573. The van der Waals surface area contributed by atoms with Crippen LogP contribution in [0.25, 0.3) is 11.8 Å². The topological polar surface area (TPSA) is 74.4 Å². The maximum absolute atomic E-state index is 13.1. The largest absolute Gasteiger partial charge is 0.497 e. The summed E-state index contributed by atoms with van der Waals surface area (Å²) in [6, 6.07) is 11.9. The number of benzene rings is 1. The lowest BCUT2D eigenvalue weighted by Crippen LogP contribution is -2.49. The molecule has 0 aliphatic carbocycles. The van der Waals surface area contributed by atoms with Gasteiger partial charge in [-0.3, -0.25) is 4.79 Å². The lowest BCUT2D eigenvalue weighted by Gasteiger charge is -2.34. The van der Waals surface area contributed by atoms with Gasteiger partial charge in [0.1, 0.15) is 17.4 Å². The smallest absolute Gasteiger partial charge is 0.264 e. The van der Waals surface area contributed by atoms with Crippen molar-refractivity contribution in [3.05, 3.63) is 64.4 Å². The molecular weight excluding hydrogens is 422 g/mol. The first-order chi connectivity index (χ1) is 15.5. The molecule has 0 unspecified atom stereocenters. The highest BCUT2D eigenvalue weighted by Gasteiger charge is 2.25. The summed E-state index contributed by atoms with van der Waals surface area (Å²) in [5, 5.41) is 12.6. The zero-order valence-corrected chi connectivity index (χ0v) is 19.2. The van der Waals surface area contributed by atoms with E-state index in [0.717, 1.165) is 33.5 Å². The number of rotatable bonds is 5. The number of thiazole rings is 1. The fourth-order valence-corrected chi connectivity index (χ4v) is 4.70. The fraction of sp³-hybridized carbons (Fsp3) is 0.292. The Labute approximate surface area is 191 Å². The molecule has 1 saturated heterocycles. The zero-order chi connectivity index (χ0) is 22.7. The molecule has 0 bridgehead atoms. The molecule has 1 aromatic carbocycles. The Balaban J connectivity index is 1.53. The SMILES string of the molecule is COc1ccc(-n2c(C)cc(/C=C(\C#N)C(=O)N3CCN(c4nccs4)CC3)c2C)cc1. The third kappa shape index (κ3) is 4.25. The summed E-state index contributed by atoms with van der Waals surface area (Å²) in [4.78, 5) is 21.3. The molecule has 1 aliphatic rings. The van der Waals surface area contributed by atoms with Gasteiger partial charge in [-0.15, -0.1) is 11.3 Å². The minimum atomic E-state index is -0.222. The van der Waals surface area contributed by atoms with E-state index in [1.807, 2.05) is 49.6 Å². The van der Waals surface area contributed by atoms with Crippen LogP contribution in [0.2, 0.25) is 0 Å². The second kappa shape index (κ2) is 9.28. The molecule has 2 aromatic heterocycles. The lowest BCUT2D eigenvalue weighted by atomic mass is 10.1. The summed E-state index contributed by atoms with van der Waals surface area (Å²) in [7, 11) is 1.64. The molecule has 1 amide bonds. The Hall–Kier alpha value is -3.57. The van der Waals surface area contributed by atoms with E-state index < -0.39 is 0 Å². The van der Waals surface area contributed by atoms with Gasteiger partial charge in [-0.05, 0) is 55.8 Å². The number of aromatic nitrogens is 2. The molecule has 3 aromatic rings. The van der Waals surface area contributed by atoms with Gasteiger partial charge in [0.05, 0.1) is 7.11 Å². The molecule has 0 atom stereocenters. The van der Waals surface area contributed by atoms with Gasteiger partial charge in [0.25, 0.3) is 5.91 Å². The Kier molecular flexibility index (Phi) is 6.28. The van der Waals surface area contributed by atoms with Gasteiger partial charge >= 0.3 is 0 Å². The molecule has 7 nitrogen and oxygen atoms in total. The molecule has 3 heterocycles. The highest BCUT2D eigenvalue weighted by Crippen LogP contribution is 2.25. The molecule has 0 spiro atoms. The number of hydrogen-bond donors (Lipinski definition) is 0. The van der Waals surface area contributed by atoms with E-state index >= 15 is 0 Å². The van der Waals surface area contributed by atoms with Crippen LogP contribution in [-0.4, -0.2) is 53.6 Å². The van der Waals surface area contributed by atoms with Crippen molar-refractivity contribution in [2.45, 2.75) is 13.8 Å². The third-order valence-electron chi connectivity index (χ3n) is 5.71. The van der Waals surface area contributed by atoms with Crippen LogP contribution in [0.3, 0.4) is 0 Å². The van der Waals surface area contributed by atoms with Crippen LogP contribution >= 0.6 is 11.3 Å². The standard InChI is InChI=1S/C24H25N5O2S/c1-17-14-19(18(2)29(17)21-4-6-22(31-3)7-5-21)15-20(16-25)23(30)27-9-11-28(12-10-27)24-26-8-13-32-24/h4-8,13-15H,9-12H2,1-3H3/b20-15+. The Morgan fingerprint density at radius 2 is 1.91 bits per heavy atom. The molecule has 1 fully saturated rings. The van der Waals surface area contributed by atoms with Crippen LogP contribution in [0.1, 0.15) is 17.0 Å². The number of anilines is 1. The number of piperazine rings is 1. The van der Waals surface area contributed by atoms with E-state index in [1.54, 1.807) is 35.6 Å². The normalized spacial score (nSPS) is 14.4. The molecule has 0 radical (unpaired) electrons. The second-order valence-electron chi connectivity index (χ2n) is 7.62. The van der Waals surface area contributed by atoms with E-state index in [2.05, 4.69) is 20.5 Å². The monoisotopic (exact) mass is 447 g/mol. The van der Waals surface area contributed by atoms with Crippen molar-refractivity contribution in [2.75, 3.05) is 38.2 Å². The molecule has 0 saturated carbocycles. The number of hydrogen-bond acceptors (Lipinski definition) is 6. The first-order valence-corrected chi connectivity index (χ1v) is 11.3. The van der Waals surface area contributed by atoms with E-state index in [-0.39, 0.29) is 11.5 Å². The van der Waals surface area contributed by atoms with Crippen molar-refractivity contribution in [3.8, 4) is 17.5 Å². The van der Waals surface area contributed by atoms with Gasteiger partial charge in [0.15, 0.2) is 5.13 Å². The number of nitriles is 1. The first-order valence-electron chi connectivity index (χ1n) is 10.4. The maximum Gasteiger partial charge on any atom is 0.264 e. The highest BCUT2D eigenvalue weighted by atomic mass is 32.1. The molecule has 1 aliphatic heterocycles. The molecule has 8 heteroatoms. The number of ether oxygens (including phenoxy) is 1. The number of carbonyl (C=O) groups is 1. The Morgan fingerprint density at radius 1 is 1.19 bits per heavy atom. The van der Waals surface area contributed by atoms with E-state index in [9.17, 15) is 10.1 Å². The minimum absolute atomic E-state index is 0.155. The quantitative estimate of drug-likeness (QED) is 0.439. The lowest BCUT2D eigenvalue weighted by molar-refractivity contribution is -0.126. The number of aryl methyl sites for hydroxylation is 1. The fourth-order valence-electron chi connectivity index (χ4n) is 4.00. The van der Waals surface area contributed by atoms with Crippen LogP contribution in [0, 0.1) is 25.2 Å². The molecular formula is C24H25N5O2S. The van der Waals surface area contributed by atoms with Crippen LogP contribution in [0.15, 0.2) is 47.5 Å². The van der Waals surface area contributed by atoms with Gasteiger partial charge < -0.3 is 19.1 Å². The summed E-state index contributed by atoms with van der Waals surface area (Å²) in [6.07, 6.45) is 3.49. The van der Waals surface area contributed by atoms with Crippen LogP contribution in [0.4, 0.5) is 5.13 Å². The number of nitrogens with zero attached hydrogens (tertiary/aromatic N) is 5. The zero-order valence-electron chi connectivity index (χ0n) is 18.4. The van der Waals surface area contributed by atoms with E-state index in [4.69, 9.17) is 4.74 Å². The van der Waals surface area contributed by atoms with Crippen molar-refractivity contribution in [1.82, 2.24) is 14.5 Å². The van der Waals surface area contributed by atoms with Gasteiger partial charge in [0, 0.05) is 54.8 Å². The molecule has 32 heavy (non-hydrogen) atoms. The van der Waals surface area contributed by atoms with Crippen molar-refractivity contribution in [3.63, 3.8) is 0 Å². The van der Waals surface area contributed by atoms with Crippen molar-refractivity contribution < 1.29 is 9.53 Å². The average molecular weight is 448 g/mol. The average Bonchev–Trinajstić information content (AvgIpc) is 3.45. The van der Waals surface area contributed by atoms with E-state index in [1.165, 1.54) is 0 Å². The summed E-state index contributed by atoms with van der Waals surface area (Å²) < 4.78 is 7.36. The van der Waals surface area contributed by atoms with Gasteiger partial charge in [-0.2, -0.15) is 5.26 Å². The molecule has 0 N–H and O–H groups in total. The maximum atomic E-state index is 13.1. The number of carbonyl (C=O) groups excluding carboxylic acids is 1. The van der Waals surface area contributed by atoms with Crippen molar-refractivity contribution >= 4 is 28.5 Å². The predicted molar refractivity (Wildman–Crippen MR) is 126 cm³/mol. The van der Waals surface area contributed by atoms with E-state index in [0.29, 0.717) is 26.2 Å². The number of methoxy groups -OCH3 is 1. The highest BCUT2D eigenvalue weighted by molar-refractivity contribution is 7.13. The van der Waals surface area contributed by atoms with Crippen LogP contribution in [-0.2, 0) is 4.79 Å². The van der Waals surface area contributed by atoms with Crippen molar-refractivity contribution in [2.24, 2.45) is 0 Å². The Morgan fingerprint density at radius 3 is 2.50 bits per heavy atom. The second-order valence-corrected chi connectivity index (χ2v) is 8.50. The van der Waals surface area contributed by atoms with Gasteiger partial charge in [0.2, 0.25) is 0 Å². The molecule has 4 rings (SSSR count). The van der Waals surface area contributed by atoms with Gasteiger partial charge in [-0.1, -0.05) is 0 Å². The number of amides is 1. The molecule has 164 valence electrons. The first kappa shape index (κ1) is 21.7. The minimum Gasteiger partial charge on any atom is -0.497 e. The Bertz CT molecular complexity index is 1160.